The van der Waals surface area contributed by atoms with Crippen LogP contribution < -0.4 is 16.0 Å². The third-order valence-electron chi connectivity index (χ3n) is 15.2. The molecule has 3 aliphatic rings. The molecule has 0 saturated carbocycles. The quantitative estimate of drug-likeness (QED) is 0.0195. The van der Waals surface area contributed by atoms with E-state index in [2.05, 4.69) is 16.0 Å². The summed E-state index contributed by atoms with van der Waals surface area (Å²) in [6, 6.07) is 0. The van der Waals surface area contributed by atoms with Crippen LogP contribution in [0.3, 0.4) is 0 Å². The minimum atomic E-state index is -1.41. The molecule has 3 rings (SSSR count). The van der Waals surface area contributed by atoms with Gasteiger partial charge in [0.1, 0.15) is 12.2 Å². The molecule has 3 heterocycles. The summed E-state index contributed by atoms with van der Waals surface area (Å²) in [6.07, 6.45) is 4.73. The molecule has 3 aliphatic heterocycles. The predicted molar refractivity (Wildman–Crippen MR) is 327 cm³/mol. The summed E-state index contributed by atoms with van der Waals surface area (Å²) in [7, 11) is 0. The van der Waals surface area contributed by atoms with Gasteiger partial charge in [0.2, 0.25) is 11.8 Å². The highest BCUT2D eigenvalue weighted by Gasteiger charge is 2.49. The maximum absolute atomic E-state index is 13.0. The van der Waals surface area contributed by atoms with E-state index in [9.17, 15) is 78.0 Å². The van der Waals surface area contributed by atoms with Crippen molar-refractivity contribution in [2.75, 3.05) is 59.3 Å². The van der Waals surface area contributed by atoms with Gasteiger partial charge in [0, 0.05) is 102 Å². The number of ether oxygens (including phenoxy) is 3. The summed E-state index contributed by atoms with van der Waals surface area (Å²) in [5, 5.41) is 64.4. The van der Waals surface area contributed by atoms with Crippen LogP contribution >= 0.6 is 0 Å². The number of nitrogens with zero attached hydrogens (tertiary/aromatic N) is 3. The molecule has 0 fully saturated rings. The first-order valence-electron chi connectivity index (χ1n) is 29.9. The van der Waals surface area contributed by atoms with E-state index in [0.717, 1.165) is 14.7 Å². The number of carbonyl (C=O) groups excluding carboxylic acids is 12. The van der Waals surface area contributed by atoms with E-state index >= 15 is 0 Å². The Balaban J connectivity index is 0.000000675. The lowest BCUT2D eigenvalue weighted by molar-refractivity contribution is -0.175. The molecule has 9 amide bonds. The van der Waals surface area contributed by atoms with E-state index in [0.29, 0.717) is 19.3 Å². The summed E-state index contributed by atoms with van der Waals surface area (Å²) in [6.45, 7) is 29.2. The van der Waals surface area contributed by atoms with Crippen LogP contribution in [-0.2, 0) is 71.7 Å². The third kappa shape index (κ3) is 23.2. The maximum Gasteiger partial charge on any atom is 0.312 e. The number of carbonyl (C=O) groups is 12. The number of imide groups is 3. The Morgan fingerprint density at radius 3 is 1.02 bits per heavy atom. The van der Waals surface area contributed by atoms with Crippen molar-refractivity contribution in [1.82, 2.24) is 30.7 Å². The van der Waals surface area contributed by atoms with Crippen LogP contribution in [0.4, 0.5) is 0 Å². The van der Waals surface area contributed by atoms with Crippen molar-refractivity contribution in [3.05, 3.63) is 36.5 Å². The second kappa shape index (κ2) is 33.0. The predicted octanol–water partition coefficient (Wildman–Crippen LogP) is 1.61. The van der Waals surface area contributed by atoms with Crippen molar-refractivity contribution < 1.29 is 102 Å². The Kier molecular flexibility index (Phi) is 29.8. The lowest BCUT2D eigenvalue weighted by Gasteiger charge is -2.40. The van der Waals surface area contributed by atoms with Crippen molar-refractivity contribution >= 4 is 71.1 Å². The highest BCUT2D eigenvalue weighted by molar-refractivity contribution is 6.15. The zero-order valence-corrected chi connectivity index (χ0v) is 56.0. The first-order valence-corrected chi connectivity index (χ1v) is 29.9. The Hall–Kier alpha value is -6.78. The average molecular weight is 1280 g/mol. The Morgan fingerprint density at radius 2 is 0.700 bits per heavy atom. The minimum absolute atomic E-state index is 0.0611. The lowest BCUT2D eigenvalue weighted by Crippen LogP contribution is -2.53. The van der Waals surface area contributed by atoms with E-state index in [1.165, 1.54) is 36.5 Å². The maximum atomic E-state index is 13.0. The van der Waals surface area contributed by atoms with E-state index in [1.807, 2.05) is 0 Å². The summed E-state index contributed by atoms with van der Waals surface area (Å²) in [5.41, 5.74) is -8.92. The fourth-order valence-electron chi connectivity index (χ4n) is 10.4. The van der Waals surface area contributed by atoms with Gasteiger partial charge in [0.05, 0.1) is 42.7 Å². The summed E-state index contributed by atoms with van der Waals surface area (Å²) >= 11 is 0. The van der Waals surface area contributed by atoms with Gasteiger partial charge in [0.15, 0.2) is 6.10 Å². The van der Waals surface area contributed by atoms with Crippen LogP contribution in [0.25, 0.3) is 0 Å². The number of hydrogen-bond acceptors (Lipinski definition) is 21. The average Bonchev–Trinajstić information content (AvgIpc) is 1.51. The fraction of sp³-hybridized carbons (Fsp3) is 0.714. The molecule has 0 radical (unpaired) electrons. The number of rotatable bonds is 33. The normalized spacial score (nSPS) is 16.1. The van der Waals surface area contributed by atoms with E-state index in [-0.39, 0.29) is 71.9 Å². The standard InChI is InChI=1S/3C21H34N2O7/c1-19(2,12-21(5,6)23-14(25)8-9-15(23)26)18(29)30-11-7-10-22-17(28)16(27)20(3,4)13-24;1-19(2,12-21(5,6)23-14(25)8-9-15(23)26)18(29)30-13-20(3,4)16(27)17(28)22-10-7-11-24;1-19(2,12-21(5,6)23-14(26)8-9-15(23)27)18(29)30-16(20(3,4)13-25)17(28)22-10-7-11-24/h2*8-9,16,24,27H,7,10-13H2,1-6H3,(H,22,28);8-9,16,24-25H,7,10-13H2,1-6H3,(H,22,28). The summed E-state index contributed by atoms with van der Waals surface area (Å²) < 4.78 is 16.3. The lowest BCUT2D eigenvalue weighted by atomic mass is 9.78. The number of hydrogen-bond donors (Lipinski definition) is 9. The summed E-state index contributed by atoms with van der Waals surface area (Å²) in [5.74, 6) is -6.07. The van der Waals surface area contributed by atoms with Gasteiger partial charge < -0.3 is 60.8 Å². The molecule has 0 aromatic heterocycles. The number of amides is 9. The zero-order valence-electron chi connectivity index (χ0n) is 56.0. The first-order chi connectivity index (χ1) is 41.0. The second-order valence-electron chi connectivity index (χ2n) is 28.6. The molecule has 3 atom stereocenters. The van der Waals surface area contributed by atoms with Crippen molar-refractivity contribution in [1.29, 1.82) is 0 Å². The fourth-order valence-corrected chi connectivity index (χ4v) is 10.4. The molecular weight excluding hydrogens is 1180 g/mol. The van der Waals surface area contributed by atoms with E-state index < -0.39 is 145 Å². The monoisotopic (exact) mass is 1280 g/mol. The Morgan fingerprint density at radius 1 is 0.411 bits per heavy atom. The SMILES string of the molecule is CC(C)(CC(C)(C)N1C(=O)C=CC1=O)C(=O)OC(C(=O)NCCCO)C(C)(C)CO.CC(C)(CC(C)(C)N1C(=O)C=CC1=O)C(=O)OCC(C)(C)C(O)C(=O)NCCCO.CC(C)(CC(C)(C)N1C(=O)C=CC1=O)C(=O)OCCCNC(=O)C(O)C(C)(C)CO. The minimum Gasteiger partial charge on any atom is -0.465 e. The molecule has 0 bridgehead atoms. The van der Waals surface area contributed by atoms with Crippen molar-refractivity contribution in [2.24, 2.45) is 32.5 Å². The molecule has 0 saturated heterocycles. The van der Waals surface area contributed by atoms with Crippen LogP contribution in [0.15, 0.2) is 36.5 Å². The molecular formula is C63H102N6O21. The Bertz CT molecular complexity index is 2650. The van der Waals surface area contributed by atoms with Crippen LogP contribution in [0.1, 0.15) is 163 Å². The molecule has 0 aromatic carbocycles. The second-order valence-corrected chi connectivity index (χ2v) is 28.6. The number of esters is 3. The molecule has 0 spiro atoms. The van der Waals surface area contributed by atoms with Gasteiger partial charge in [-0.15, -0.1) is 0 Å². The van der Waals surface area contributed by atoms with Gasteiger partial charge in [-0.3, -0.25) is 72.2 Å². The van der Waals surface area contributed by atoms with Gasteiger partial charge in [0.25, 0.3) is 41.4 Å². The van der Waals surface area contributed by atoms with Gasteiger partial charge in [-0.25, -0.2) is 0 Å². The highest BCUT2D eigenvalue weighted by Crippen LogP contribution is 2.39. The largest absolute Gasteiger partial charge is 0.465 e. The van der Waals surface area contributed by atoms with Crippen LogP contribution in [0, 0.1) is 32.5 Å². The smallest absolute Gasteiger partial charge is 0.312 e. The van der Waals surface area contributed by atoms with Crippen molar-refractivity contribution in [3.8, 4) is 0 Å². The molecule has 27 nitrogen and oxygen atoms in total. The number of nitrogens with one attached hydrogen (secondary N) is 3. The van der Waals surface area contributed by atoms with E-state index in [4.69, 9.17) is 24.4 Å². The molecule has 27 heteroatoms. The highest BCUT2D eigenvalue weighted by atomic mass is 16.6. The molecule has 90 heavy (non-hydrogen) atoms. The van der Waals surface area contributed by atoms with Crippen molar-refractivity contribution in [2.45, 2.75) is 198 Å². The number of aliphatic hydroxyl groups excluding tert-OH is 6. The molecule has 3 unspecified atom stereocenters. The Labute approximate surface area is 528 Å². The molecule has 0 aliphatic carbocycles. The third-order valence-corrected chi connectivity index (χ3v) is 15.2. The van der Waals surface area contributed by atoms with Gasteiger partial charge in [-0.1, -0.05) is 41.5 Å². The molecule has 510 valence electrons. The van der Waals surface area contributed by atoms with Gasteiger partial charge >= 0.3 is 17.9 Å². The van der Waals surface area contributed by atoms with Crippen LogP contribution in [0.5, 0.6) is 0 Å². The zero-order chi connectivity index (χ0) is 70.0. The van der Waals surface area contributed by atoms with Gasteiger partial charge in [-0.2, -0.15) is 0 Å². The number of aliphatic hydroxyl groups is 6. The first kappa shape index (κ1) is 81.2. The summed E-state index contributed by atoms with van der Waals surface area (Å²) in [4.78, 5) is 150. The van der Waals surface area contributed by atoms with Crippen molar-refractivity contribution in [3.63, 3.8) is 0 Å². The molecule has 9 N–H and O–H groups in total. The van der Waals surface area contributed by atoms with Crippen LogP contribution in [-0.4, -0.2) is 211 Å². The van der Waals surface area contributed by atoms with Gasteiger partial charge in [-0.05, 0) is 122 Å². The van der Waals surface area contributed by atoms with Crippen LogP contribution in [0.2, 0.25) is 0 Å². The van der Waals surface area contributed by atoms with E-state index in [1.54, 1.807) is 125 Å². The topological polar surface area (TPSA) is 400 Å². The molecule has 0 aromatic rings.